The second-order valence-corrected chi connectivity index (χ2v) is 5.61. The smallest absolute Gasteiger partial charge is 0.417 e. The summed E-state index contributed by atoms with van der Waals surface area (Å²) in [6.07, 6.45) is -4.24. The van der Waals surface area contributed by atoms with Gasteiger partial charge in [0.2, 0.25) is 5.88 Å². The number of amides is 1. The summed E-state index contributed by atoms with van der Waals surface area (Å²) in [5.74, 6) is -0.488. The summed E-state index contributed by atoms with van der Waals surface area (Å²) in [6, 6.07) is 7.57. The number of nitro groups is 1. The summed E-state index contributed by atoms with van der Waals surface area (Å²) < 4.78 is 42.8. The zero-order valence-corrected chi connectivity index (χ0v) is 13.1. The number of nitro benzene ring substituents is 1. The molecule has 1 aliphatic rings. The van der Waals surface area contributed by atoms with E-state index in [1.165, 1.54) is 29.2 Å². The second-order valence-electron chi connectivity index (χ2n) is 5.61. The highest BCUT2D eigenvalue weighted by molar-refractivity contribution is 5.98. The lowest BCUT2D eigenvalue weighted by Crippen LogP contribution is -2.56. The number of hydrogen-bond donors (Lipinski definition) is 0. The van der Waals surface area contributed by atoms with E-state index < -0.39 is 28.7 Å². The Labute approximate surface area is 145 Å². The number of alkyl halides is 3. The molecule has 10 heteroatoms. The van der Waals surface area contributed by atoms with Gasteiger partial charge in [-0.05, 0) is 12.1 Å². The van der Waals surface area contributed by atoms with Crippen LogP contribution in [0.3, 0.4) is 0 Å². The molecule has 0 spiro atoms. The highest BCUT2D eigenvalue weighted by Gasteiger charge is 2.36. The van der Waals surface area contributed by atoms with E-state index in [1.807, 2.05) is 0 Å². The normalized spacial score (nSPS) is 14.7. The summed E-state index contributed by atoms with van der Waals surface area (Å²) in [5, 5.41) is 11.0. The topological polar surface area (TPSA) is 85.6 Å². The number of nitrogens with zero attached hydrogens (tertiary/aromatic N) is 3. The van der Waals surface area contributed by atoms with Gasteiger partial charge in [0.05, 0.1) is 23.6 Å². The number of benzene rings is 1. The van der Waals surface area contributed by atoms with Crippen LogP contribution in [0.5, 0.6) is 5.88 Å². The molecule has 2 aromatic rings. The van der Waals surface area contributed by atoms with Crippen LogP contribution in [0.25, 0.3) is 0 Å². The molecule has 1 fully saturated rings. The molecule has 0 aliphatic carbocycles. The van der Waals surface area contributed by atoms with Crippen LogP contribution in [0, 0.1) is 10.1 Å². The average Bonchev–Trinajstić information content (AvgIpc) is 2.56. The molecular weight excluding hydrogens is 355 g/mol. The van der Waals surface area contributed by atoms with Crippen molar-refractivity contribution >= 4 is 11.6 Å². The number of hydrogen-bond acceptors (Lipinski definition) is 5. The molecule has 136 valence electrons. The third-order valence-corrected chi connectivity index (χ3v) is 3.82. The minimum absolute atomic E-state index is 0.0146. The van der Waals surface area contributed by atoms with E-state index in [1.54, 1.807) is 0 Å². The van der Waals surface area contributed by atoms with E-state index in [0.29, 0.717) is 6.20 Å². The summed E-state index contributed by atoms with van der Waals surface area (Å²) in [6.45, 7) is 0.321. The summed E-state index contributed by atoms with van der Waals surface area (Å²) in [4.78, 5) is 27.6. The lowest BCUT2D eigenvalue weighted by Gasteiger charge is -2.38. The van der Waals surface area contributed by atoms with E-state index in [0.717, 1.165) is 12.1 Å². The van der Waals surface area contributed by atoms with Crippen LogP contribution in [-0.2, 0) is 6.18 Å². The molecule has 1 aliphatic heterocycles. The number of carbonyl (C=O) groups excluding carboxylic acids is 1. The van der Waals surface area contributed by atoms with Crippen LogP contribution in [0.2, 0.25) is 0 Å². The number of likely N-dealkylation sites (tertiary alicyclic amines) is 1. The van der Waals surface area contributed by atoms with Crippen molar-refractivity contribution in [2.75, 3.05) is 13.1 Å². The van der Waals surface area contributed by atoms with Crippen molar-refractivity contribution < 1.29 is 27.6 Å². The van der Waals surface area contributed by atoms with Crippen molar-refractivity contribution in [1.29, 1.82) is 0 Å². The predicted molar refractivity (Wildman–Crippen MR) is 82.7 cm³/mol. The summed E-state index contributed by atoms with van der Waals surface area (Å²) >= 11 is 0. The van der Waals surface area contributed by atoms with Crippen molar-refractivity contribution in [3.05, 3.63) is 63.8 Å². The maximum Gasteiger partial charge on any atom is 0.417 e. The molecule has 1 aromatic carbocycles. The Hall–Kier alpha value is -3.17. The number of aromatic nitrogens is 1. The molecular formula is C16H12F3N3O4. The van der Waals surface area contributed by atoms with Crippen LogP contribution in [0.15, 0.2) is 42.6 Å². The molecule has 0 bridgehead atoms. The fourth-order valence-electron chi connectivity index (χ4n) is 2.45. The van der Waals surface area contributed by atoms with Crippen LogP contribution >= 0.6 is 0 Å². The van der Waals surface area contributed by atoms with Gasteiger partial charge in [-0.3, -0.25) is 14.9 Å². The van der Waals surface area contributed by atoms with E-state index in [2.05, 4.69) is 4.98 Å². The molecule has 2 heterocycles. The minimum Gasteiger partial charge on any atom is -0.471 e. The van der Waals surface area contributed by atoms with Crippen molar-refractivity contribution in [3.63, 3.8) is 0 Å². The number of ether oxygens (including phenoxy) is 1. The number of para-hydroxylation sites is 1. The van der Waals surface area contributed by atoms with Crippen molar-refractivity contribution in [2.24, 2.45) is 0 Å². The van der Waals surface area contributed by atoms with E-state index in [9.17, 15) is 28.1 Å². The van der Waals surface area contributed by atoms with E-state index in [4.69, 9.17) is 4.74 Å². The average molecular weight is 367 g/mol. The van der Waals surface area contributed by atoms with Crippen molar-refractivity contribution in [3.8, 4) is 5.88 Å². The summed E-state index contributed by atoms with van der Waals surface area (Å²) in [5.41, 5.74) is -1.19. The molecule has 0 N–H and O–H groups in total. The highest BCUT2D eigenvalue weighted by Crippen LogP contribution is 2.30. The Morgan fingerprint density at radius 3 is 2.50 bits per heavy atom. The van der Waals surface area contributed by atoms with Gasteiger partial charge in [0.15, 0.2) is 0 Å². The quantitative estimate of drug-likeness (QED) is 0.613. The zero-order valence-electron chi connectivity index (χ0n) is 13.1. The standard InChI is InChI=1S/C16H12F3N3O4/c17-16(18,19)10-5-6-14(20-7-10)26-11-8-21(9-11)15(23)12-3-1-2-4-13(12)22(24)25/h1-7,11H,8-9H2. The molecule has 1 aromatic heterocycles. The maximum atomic E-state index is 12.5. The Bertz CT molecular complexity index is 833. The van der Waals surface area contributed by atoms with Crippen LogP contribution in [0.1, 0.15) is 15.9 Å². The van der Waals surface area contributed by atoms with Gasteiger partial charge < -0.3 is 9.64 Å². The lowest BCUT2D eigenvalue weighted by molar-refractivity contribution is -0.385. The Morgan fingerprint density at radius 1 is 1.23 bits per heavy atom. The van der Waals surface area contributed by atoms with Crippen LogP contribution in [0.4, 0.5) is 18.9 Å². The Morgan fingerprint density at radius 2 is 1.92 bits per heavy atom. The van der Waals surface area contributed by atoms with Crippen molar-refractivity contribution in [2.45, 2.75) is 12.3 Å². The second kappa shape index (κ2) is 6.62. The first-order valence-electron chi connectivity index (χ1n) is 7.48. The molecule has 0 radical (unpaired) electrons. The van der Waals surface area contributed by atoms with E-state index in [-0.39, 0.29) is 30.2 Å². The van der Waals surface area contributed by atoms with E-state index >= 15 is 0 Å². The number of carbonyl (C=O) groups is 1. The van der Waals surface area contributed by atoms with Gasteiger partial charge in [-0.15, -0.1) is 0 Å². The predicted octanol–water partition coefficient (Wildman–Crippen LogP) is 2.91. The molecule has 0 atom stereocenters. The molecule has 0 saturated carbocycles. The van der Waals surface area contributed by atoms with Gasteiger partial charge >= 0.3 is 6.18 Å². The Kier molecular flexibility index (Phi) is 4.49. The number of pyridine rings is 1. The molecule has 26 heavy (non-hydrogen) atoms. The van der Waals surface area contributed by atoms with Gasteiger partial charge in [0.1, 0.15) is 11.7 Å². The number of rotatable bonds is 4. The first kappa shape index (κ1) is 17.6. The lowest BCUT2D eigenvalue weighted by atomic mass is 10.1. The fraction of sp³-hybridized carbons (Fsp3) is 0.250. The van der Waals surface area contributed by atoms with Gasteiger partial charge in [0, 0.05) is 18.3 Å². The molecule has 1 amide bonds. The molecule has 7 nitrogen and oxygen atoms in total. The third-order valence-electron chi connectivity index (χ3n) is 3.82. The van der Waals surface area contributed by atoms with Gasteiger partial charge in [0.25, 0.3) is 11.6 Å². The first-order chi connectivity index (χ1) is 12.3. The molecule has 3 rings (SSSR count). The minimum atomic E-state index is -4.48. The monoisotopic (exact) mass is 367 g/mol. The van der Waals surface area contributed by atoms with Crippen LogP contribution < -0.4 is 4.74 Å². The number of halogens is 3. The molecule has 1 saturated heterocycles. The van der Waals surface area contributed by atoms with Gasteiger partial charge in [-0.1, -0.05) is 12.1 Å². The third kappa shape index (κ3) is 3.58. The maximum absolute atomic E-state index is 12.5. The summed E-state index contributed by atoms with van der Waals surface area (Å²) in [7, 11) is 0. The van der Waals surface area contributed by atoms with Crippen molar-refractivity contribution in [1.82, 2.24) is 9.88 Å². The zero-order chi connectivity index (χ0) is 18.9. The largest absolute Gasteiger partial charge is 0.471 e. The Balaban J connectivity index is 1.59. The van der Waals surface area contributed by atoms with Gasteiger partial charge in [-0.2, -0.15) is 13.2 Å². The van der Waals surface area contributed by atoms with Crippen LogP contribution in [-0.4, -0.2) is 39.9 Å². The highest BCUT2D eigenvalue weighted by atomic mass is 19.4. The SMILES string of the molecule is O=C(c1ccccc1[N+](=O)[O-])N1CC(Oc2ccc(C(F)(F)F)cn2)C1. The first-order valence-corrected chi connectivity index (χ1v) is 7.48. The van der Waals surface area contributed by atoms with Gasteiger partial charge in [-0.25, -0.2) is 4.98 Å². The molecule has 0 unspecified atom stereocenters. The fourth-order valence-corrected chi connectivity index (χ4v) is 2.45.